The Morgan fingerprint density at radius 2 is 0.740 bits per heavy atom. The van der Waals surface area contributed by atoms with Crippen molar-refractivity contribution in [1.82, 2.24) is 0 Å². The van der Waals surface area contributed by atoms with Crippen LogP contribution >= 0.6 is 7.82 Å². The minimum Gasteiger partial charge on any atom is -0.756 e. The van der Waals surface area contributed by atoms with E-state index in [0.29, 0.717) is 23.9 Å². The number of esters is 2. The second-order valence-corrected chi connectivity index (χ2v) is 21.7. The van der Waals surface area contributed by atoms with E-state index in [9.17, 15) is 19.0 Å². The molecule has 0 spiro atoms. The van der Waals surface area contributed by atoms with Crippen LogP contribution in [0.5, 0.6) is 0 Å². The Balaban J connectivity index is 4.18. The van der Waals surface area contributed by atoms with Crippen LogP contribution in [0, 0.1) is 0 Å². The first kappa shape index (κ1) is 72.6. The number of unbranched alkanes of at least 4 members (excludes halogenated alkanes) is 12. The van der Waals surface area contributed by atoms with Gasteiger partial charge in [0.25, 0.3) is 7.82 Å². The predicted molar refractivity (Wildman–Crippen MR) is 327 cm³/mol. The van der Waals surface area contributed by atoms with Crippen LogP contribution in [-0.2, 0) is 32.7 Å². The highest BCUT2D eigenvalue weighted by molar-refractivity contribution is 7.45. The van der Waals surface area contributed by atoms with Crippen molar-refractivity contribution in [2.45, 2.75) is 206 Å². The largest absolute Gasteiger partial charge is 0.756 e. The van der Waals surface area contributed by atoms with Crippen LogP contribution in [0.2, 0.25) is 0 Å². The molecule has 0 rings (SSSR count). The van der Waals surface area contributed by atoms with Crippen molar-refractivity contribution in [3.05, 3.63) is 158 Å². The molecule has 0 aromatic carbocycles. The second kappa shape index (κ2) is 56.4. The standard InChI is InChI=1S/C67H108NO8P/c1-6-8-10-12-14-16-18-20-21-22-23-24-25-26-27-28-29-30-31-32-33-34-35-36-37-38-39-40-41-42-43-44-45-46-47-48-50-52-54-56-58-60-67(70)76-65(64-75-77(71,72)74-62-61-68(3,4)5)63-73-66(69)59-57-55-53-51-49-19-17-15-13-11-9-7-2/h8,10,14-17,20-21,23-24,26-27,29-30,32-33,35-36,38-39,41-42,44-45,47-48,65H,6-7,9,11-13,18-19,22,25,28,31,34,37,40,43,46,49-64H2,1-5H3/b10-8-,16-14-,17-15-,21-20-,24-23-,27-26-,30-29-,33-32-,36-35-,39-38-,42-41-,45-44-,48-47-. The first-order valence-corrected chi connectivity index (χ1v) is 31.2. The van der Waals surface area contributed by atoms with Crippen LogP contribution in [0.15, 0.2) is 158 Å². The third kappa shape index (κ3) is 60.7. The van der Waals surface area contributed by atoms with Gasteiger partial charge in [0.15, 0.2) is 6.10 Å². The Morgan fingerprint density at radius 1 is 0.416 bits per heavy atom. The fourth-order valence-electron chi connectivity index (χ4n) is 7.22. The van der Waals surface area contributed by atoms with E-state index in [1.165, 1.54) is 19.3 Å². The van der Waals surface area contributed by atoms with E-state index in [0.717, 1.165) is 141 Å². The molecule has 2 atom stereocenters. The summed E-state index contributed by atoms with van der Waals surface area (Å²) in [5.74, 6) is -0.887. The molecule has 0 N–H and O–H groups in total. The van der Waals surface area contributed by atoms with Gasteiger partial charge in [-0.2, -0.15) is 0 Å². The number of allylic oxidation sites excluding steroid dienone is 26. The Kier molecular flexibility index (Phi) is 53.2. The molecule has 9 nitrogen and oxygen atoms in total. The molecule has 2 unspecified atom stereocenters. The Morgan fingerprint density at radius 3 is 1.12 bits per heavy atom. The Labute approximate surface area is 471 Å². The molecule has 0 radical (unpaired) electrons. The van der Waals surface area contributed by atoms with Gasteiger partial charge in [-0.25, -0.2) is 0 Å². The fourth-order valence-corrected chi connectivity index (χ4v) is 7.95. The number of hydrogen-bond donors (Lipinski definition) is 0. The van der Waals surface area contributed by atoms with Crippen molar-refractivity contribution >= 4 is 19.8 Å². The summed E-state index contributed by atoms with van der Waals surface area (Å²) in [6.45, 7) is 4.02. The van der Waals surface area contributed by atoms with Crippen LogP contribution in [0.4, 0.5) is 0 Å². The molecule has 0 saturated carbocycles. The number of quaternary nitrogens is 1. The summed E-state index contributed by atoms with van der Waals surface area (Å²) in [6.07, 6.45) is 84.5. The van der Waals surface area contributed by atoms with Gasteiger partial charge in [-0.1, -0.05) is 217 Å². The van der Waals surface area contributed by atoms with Gasteiger partial charge >= 0.3 is 11.9 Å². The maximum atomic E-state index is 12.8. The Bertz CT molecular complexity index is 1850. The topological polar surface area (TPSA) is 111 Å². The van der Waals surface area contributed by atoms with E-state index < -0.39 is 32.5 Å². The first-order valence-electron chi connectivity index (χ1n) is 29.7. The van der Waals surface area contributed by atoms with Gasteiger partial charge in [-0.05, 0) is 128 Å². The van der Waals surface area contributed by atoms with Crippen LogP contribution in [0.3, 0.4) is 0 Å². The number of hydrogen-bond acceptors (Lipinski definition) is 8. The average Bonchev–Trinajstić information content (AvgIpc) is 3.39. The third-order valence-electron chi connectivity index (χ3n) is 11.8. The molecule has 0 aliphatic rings. The van der Waals surface area contributed by atoms with Gasteiger partial charge in [-0.3, -0.25) is 14.2 Å². The highest BCUT2D eigenvalue weighted by atomic mass is 31.2. The summed E-state index contributed by atoms with van der Waals surface area (Å²) in [7, 11) is 1.12. The van der Waals surface area contributed by atoms with Crippen molar-refractivity contribution in [1.29, 1.82) is 0 Å². The molecule has 434 valence electrons. The summed E-state index contributed by atoms with van der Waals surface area (Å²) in [5.41, 5.74) is 0. The molecule has 0 saturated heterocycles. The molecule has 77 heavy (non-hydrogen) atoms. The van der Waals surface area contributed by atoms with Crippen LogP contribution in [-0.4, -0.2) is 70.0 Å². The van der Waals surface area contributed by atoms with E-state index >= 15 is 0 Å². The number of phosphoric ester groups is 1. The fraction of sp³-hybridized carbons (Fsp3) is 0.582. The highest BCUT2D eigenvalue weighted by Gasteiger charge is 2.21. The molecular formula is C67H108NO8P. The summed E-state index contributed by atoms with van der Waals surface area (Å²) < 4.78 is 34.0. The van der Waals surface area contributed by atoms with E-state index in [4.69, 9.17) is 18.5 Å². The number of carbonyl (C=O) groups is 2. The van der Waals surface area contributed by atoms with Gasteiger partial charge in [0.05, 0.1) is 27.7 Å². The number of likely N-dealkylation sites (N-methyl/N-ethyl adjacent to an activating group) is 1. The quantitative estimate of drug-likeness (QED) is 0.0195. The monoisotopic (exact) mass is 1090 g/mol. The minimum absolute atomic E-state index is 0.0456. The van der Waals surface area contributed by atoms with Gasteiger partial charge in [0.2, 0.25) is 0 Å². The molecule has 0 fully saturated rings. The van der Waals surface area contributed by atoms with Gasteiger partial charge < -0.3 is 27.9 Å². The lowest BCUT2D eigenvalue weighted by Gasteiger charge is -2.28. The second-order valence-electron chi connectivity index (χ2n) is 20.3. The third-order valence-corrected chi connectivity index (χ3v) is 12.7. The normalized spacial score (nSPS) is 14.4. The lowest BCUT2D eigenvalue weighted by atomic mass is 10.1. The van der Waals surface area contributed by atoms with Crippen molar-refractivity contribution < 1.29 is 42.1 Å². The number of rotatable bonds is 52. The average molecular weight is 1090 g/mol. The molecule has 0 amide bonds. The van der Waals surface area contributed by atoms with Crippen LogP contribution in [0.1, 0.15) is 200 Å². The molecule has 0 aliphatic carbocycles. The summed E-state index contributed by atoms with van der Waals surface area (Å²) in [4.78, 5) is 37.7. The number of phosphoric acid groups is 1. The Hall–Kier alpha value is -4.37. The maximum Gasteiger partial charge on any atom is 0.306 e. The molecule has 10 heteroatoms. The molecule has 0 aromatic heterocycles. The van der Waals surface area contributed by atoms with E-state index in [1.54, 1.807) is 0 Å². The zero-order valence-electron chi connectivity index (χ0n) is 49.1. The maximum absolute atomic E-state index is 12.8. The van der Waals surface area contributed by atoms with Crippen LogP contribution < -0.4 is 4.89 Å². The number of carbonyl (C=O) groups excluding carboxylic acids is 2. The molecule has 0 aliphatic heterocycles. The lowest BCUT2D eigenvalue weighted by molar-refractivity contribution is -0.870. The highest BCUT2D eigenvalue weighted by Crippen LogP contribution is 2.38. The SMILES string of the molecule is CC/C=C\C/C=C\C/C=C\C/C=C\C/C=C\C/C=C\C/C=C\C/C=C\C/C=C\C/C=C\C/C=C\C/C=C\CCCCCCC(=O)OC(COC(=O)CCCCCCC/C=C\CCCCC)COP(=O)([O-])OCC[N+](C)(C)C. The van der Waals surface area contributed by atoms with E-state index in [2.05, 4.69) is 172 Å². The van der Waals surface area contributed by atoms with E-state index in [-0.39, 0.29) is 26.1 Å². The van der Waals surface area contributed by atoms with Crippen LogP contribution in [0.25, 0.3) is 0 Å². The van der Waals surface area contributed by atoms with Crippen molar-refractivity contribution in [2.75, 3.05) is 47.5 Å². The minimum atomic E-state index is -4.65. The molecule has 0 bridgehead atoms. The lowest BCUT2D eigenvalue weighted by Crippen LogP contribution is -2.37. The zero-order valence-corrected chi connectivity index (χ0v) is 50.0. The van der Waals surface area contributed by atoms with Gasteiger partial charge in [0.1, 0.15) is 19.8 Å². The van der Waals surface area contributed by atoms with Gasteiger partial charge in [0, 0.05) is 12.8 Å². The zero-order chi connectivity index (χ0) is 56.3. The smallest absolute Gasteiger partial charge is 0.306 e. The van der Waals surface area contributed by atoms with Crippen molar-refractivity contribution in [2.24, 2.45) is 0 Å². The molecule has 0 heterocycles. The first-order chi connectivity index (χ1) is 37.5. The summed E-state index contributed by atoms with van der Waals surface area (Å²) in [6, 6.07) is 0. The number of ether oxygens (including phenoxy) is 2. The molecular weight excluding hydrogens is 978 g/mol. The van der Waals surface area contributed by atoms with Crippen molar-refractivity contribution in [3.63, 3.8) is 0 Å². The predicted octanol–water partition coefficient (Wildman–Crippen LogP) is 18.2. The summed E-state index contributed by atoms with van der Waals surface area (Å²) >= 11 is 0. The van der Waals surface area contributed by atoms with E-state index in [1.807, 2.05) is 21.1 Å². The summed E-state index contributed by atoms with van der Waals surface area (Å²) in [5, 5.41) is 0. The molecule has 0 aromatic rings. The van der Waals surface area contributed by atoms with Gasteiger partial charge in [-0.15, -0.1) is 0 Å². The number of nitrogens with zero attached hydrogens (tertiary/aromatic N) is 1. The van der Waals surface area contributed by atoms with Crippen molar-refractivity contribution in [3.8, 4) is 0 Å².